The molecule has 1 aromatic rings. The summed E-state index contributed by atoms with van der Waals surface area (Å²) < 4.78 is 5.27. The number of amides is 2. The summed E-state index contributed by atoms with van der Waals surface area (Å²) in [5, 5.41) is 2.56. The number of hydrogen-bond acceptors (Lipinski definition) is 4. The van der Waals surface area contributed by atoms with Gasteiger partial charge >= 0.3 is 0 Å². The van der Waals surface area contributed by atoms with Gasteiger partial charge in [-0.05, 0) is 19.1 Å². The Kier molecular flexibility index (Phi) is 5.17. The Morgan fingerprint density at radius 2 is 2.11 bits per heavy atom. The Hall–Kier alpha value is -2.24. The van der Waals surface area contributed by atoms with E-state index in [1.54, 1.807) is 45.3 Å². The molecule has 6 nitrogen and oxygen atoms in total. The van der Waals surface area contributed by atoms with Crippen molar-refractivity contribution in [3.05, 3.63) is 24.3 Å². The predicted molar refractivity (Wildman–Crippen MR) is 72.6 cm³/mol. The second kappa shape index (κ2) is 6.63. The van der Waals surface area contributed by atoms with Crippen LogP contribution in [0.2, 0.25) is 0 Å². The molecule has 0 saturated carbocycles. The van der Waals surface area contributed by atoms with Gasteiger partial charge in [-0.1, -0.05) is 6.07 Å². The summed E-state index contributed by atoms with van der Waals surface area (Å²) in [6, 6.07) is 6.22. The SMILES string of the molecule is CC(NC(=O)COc1cccc(N)c1)C(=O)N(C)C. The number of nitrogens with two attached hydrogens (primary N) is 1. The van der Waals surface area contributed by atoms with Crippen LogP contribution < -0.4 is 15.8 Å². The third kappa shape index (κ3) is 4.87. The number of likely N-dealkylation sites (N-methyl/N-ethyl adjacent to an activating group) is 1. The first kappa shape index (κ1) is 14.8. The average Bonchev–Trinajstić information content (AvgIpc) is 2.35. The van der Waals surface area contributed by atoms with E-state index in [0.717, 1.165) is 0 Å². The van der Waals surface area contributed by atoms with Crippen LogP contribution in [0.25, 0.3) is 0 Å². The third-order valence-electron chi connectivity index (χ3n) is 2.42. The standard InChI is InChI=1S/C13H19N3O3/c1-9(13(18)16(2)3)15-12(17)8-19-11-6-4-5-10(14)7-11/h4-7,9H,8,14H2,1-3H3,(H,15,17). The van der Waals surface area contributed by atoms with Crippen molar-refractivity contribution in [2.24, 2.45) is 0 Å². The molecule has 0 bridgehead atoms. The van der Waals surface area contributed by atoms with Crippen LogP contribution >= 0.6 is 0 Å². The second-order valence-electron chi connectivity index (χ2n) is 4.38. The van der Waals surface area contributed by atoms with Crippen LogP contribution in [0, 0.1) is 0 Å². The van der Waals surface area contributed by atoms with Crippen LogP contribution in [0.15, 0.2) is 24.3 Å². The molecule has 1 unspecified atom stereocenters. The molecule has 0 aromatic heterocycles. The highest BCUT2D eigenvalue weighted by Gasteiger charge is 2.17. The quantitative estimate of drug-likeness (QED) is 0.747. The zero-order valence-corrected chi connectivity index (χ0v) is 11.3. The Balaban J connectivity index is 2.42. The summed E-state index contributed by atoms with van der Waals surface area (Å²) >= 11 is 0. The number of carbonyl (C=O) groups excluding carboxylic acids is 2. The van der Waals surface area contributed by atoms with Gasteiger partial charge in [-0.25, -0.2) is 0 Å². The molecule has 0 aliphatic rings. The molecule has 3 N–H and O–H groups in total. The molecule has 104 valence electrons. The fraction of sp³-hybridized carbons (Fsp3) is 0.385. The van der Waals surface area contributed by atoms with Crippen molar-refractivity contribution in [1.29, 1.82) is 0 Å². The number of ether oxygens (including phenoxy) is 1. The molecule has 0 fully saturated rings. The topological polar surface area (TPSA) is 84.7 Å². The Morgan fingerprint density at radius 3 is 2.68 bits per heavy atom. The molecule has 1 atom stereocenters. The average molecular weight is 265 g/mol. The first-order valence-electron chi connectivity index (χ1n) is 5.89. The summed E-state index contributed by atoms with van der Waals surface area (Å²) in [6.07, 6.45) is 0. The fourth-order valence-corrected chi connectivity index (χ4v) is 1.49. The van der Waals surface area contributed by atoms with Crippen molar-refractivity contribution >= 4 is 17.5 Å². The summed E-state index contributed by atoms with van der Waals surface area (Å²) in [5.41, 5.74) is 6.15. The number of nitrogen functional groups attached to an aromatic ring is 1. The Bertz CT molecular complexity index is 460. The highest BCUT2D eigenvalue weighted by atomic mass is 16.5. The number of carbonyl (C=O) groups is 2. The molecule has 19 heavy (non-hydrogen) atoms. The van der Waals surface area contributed by atoms with Gasteiger partial charge in [-0.15, -0.1) is 0 Å². The molecule has 2 amide bonds. The molecule has 0 aliphatic heterocycles. The van der Waals surface area contributed by atoms with E-state index in [1.165, 1.54) is 4.90 Å². The molecule has 0 aliphatic carbocycles. The molecule has 0 spiro atoms. The van der Waals surface area contributed by atoms with Crippen molar-refractivity contribution in [3.63, 3.8) is 0 Å². The van der Waals surface area contributed by atoms with E-state index >= 15 is 0 Å². The van der Waals surface area contributed by atoms with E-state index in [9.17, 15) is 9.59 Å². The lowest BCUT2D eigenvalue weighted by Gasteiger charge is -2.18. The number of anilines is 1. The zero-order valence-electron chi connectivity index (χ0n) is 11.3. The number of nitrogens with one attached hydrogen (secondary N) is 1. The van der Waals surface area contributed by atoms with Crippen molar-refractivity contribution < 1.29 is 14.3 Å². The fourth-order valence-electron chi connectivity index (χ4n) is 1.49. The maximum Gasteiger partial charge on any atom is 0.258 e. The first-order valence-corrected chi connectivity index (χ1v) is 5.89. The van der Waals surface area contributed by atoms with Crippen molar-refractivity contribution in [2.45, 2.75) is 13.0 Å². The summed E-state index contributed by atoms with van der Waals surface area (Å²) in [7, 11) is 3.27. The number of nitrogens with zero attached hydrogens (tertiary/aromatic N) is 1. The predicted octanol–water partition coefficient (Wildman–Crippen LogP) is 0.240. The highest BCUT2D eigenvalue weighted by Crippen LogP contribution is 2.13. The van der Waals surface area contributed by atoms with Crippen LogP contribution in [0.4, 0.5) is 5.69 Å². The number of rotatable bonds is 5. The van der Waals surface area contributed by atoms with Crippen LogP contribution in [0.1, 0.15) is 6.92 Å². The first-order chi connectivity index (χ1) is 8.90. The van der Waals surface area contributed by atoms with Gasteiger partial charge in [0.2, 0.25) is 5.91 Å². The summed E-state index contributed by atoms with van der Waals surface area (Å²) in [5.74, 6) is -0.0100. The number of benzene rings is 1. The lowest BCUT2D eigenvalue weighted by Crippen LogP contribution is -2.45. The Labute approximate surface area is 112 Å². The van der Waals surface area contributed by atoms with E-state index in [-0.39, 0.29) is 18.4 Å². The minimum atomic E-state index is -0.577. The zero-order chi connectivity index (χ0) is 14.4. The monoisotopic (exact) mass is 265 g/mol. The molecule has 1 rings (SSSR count). The lowest BCUT2D eigenvalue weighted by molar-refractivity contribution is -0.134. The molecular formula is C13H19N3O3. The summed E-state index contributed by atoms with van der Waals surface area (Å²) in [4.78, 5) is 24.6. The number of hydrogen-bond donors (Lipinski definition) is 2. The summed E-state index contributed by atoms with van der Waals surface area (Å²) in [6.45, 7) is 1.47. The van der Waals surface area contributed by atoms with Crippen molar-refractivity contribution in [3.8, 4) is 5.75 Å². The van der Waals surface area contributed by atoms with Gasteiger partial charge in [-0.2, -0.15) is 0 Å². The molecule has 0 radical (unpaired) electrons. The minimum absolute atomic E-state index is 0.158. The van der Waals surface area contributed by atoms with Gasteiger partial charge < -0.3 is 20.7 Å². The molecule has 1 aromatic carbocycles. The third-order valence-corrected chi connectivity index (χ3v) is 2.42. The Morgan fingerprint density at radius 1 is 1.42 bits per heavy atom. The smallest absolute Gasteiger partial charge is 0.258 e. The van der Waals surface area contributed by atoms with Gasteiger partial charge in [0.05, 0.1) is 0 Å². The molecule has 0 heterocycles. The maximum absolute atomic E-state index is 11.6. The molecular weight excluding hydrogens is 246 g/mol. The normalized spacial score (nSPS) is 11.5. The van der Waals surface area contributed by atoms with E-state index in [1.807, 2.05) is 0 Å². The second-order valence-corrected chi connectivity index (χ2v) is 4.38. The van der Waals surface area contributed by atoms with E-state index in [2.05, 4.69) is 5.32 Å². The highest BCUT2D eigenvalue weighted by molar-refractivity contribution is 5.87. The van der Waals surface area contributed by atoms with Gasteiger partial charge in [0.25, 0.3) is 5.91 Å². The van der Waals surface area contributed by atoms with E-state index in [0.29, 0.717) is 11.4 Å². The molecule has 0 saturated heterocycles. The van der Waals surface area contributed by atoms with Crippen molar-refractivity contribution in [2.75, 3.05) is 26.4 Å². The minimum Gasteiger partial charge on any atom is -0.484 e. The van der Waals surface area contributed by atoms with Gasteiger partial charge in [0.1, 0.15) is 11.8 Å². The van der Waals surface area contributed by atoms with Gasteiger partial charge in [0, 0.05) is 25.8 Å². The largest absolute Gasteiger partial charge is 0.484 e. The van der Waals surface area contributed by atoms with Crippen LogP contribution in [-0.4, -0.2) is 43.5 Å². The van der Waals surface area contributed by atoms with Crippen LogP contribution in [0.3, 0.4) is 0 Å². The van der Waals surface area contributed by atoms with Crippen molar-refractivity contribution in [1.82, 2.24) is 10.2 Å². The maximum atomic E-state index is 11.6. The molecule has 6 heteroatoms. The van der Waals surface area contributed by atoms with Crippen LogP contribution in [-0.2, 0) is 9.59 Å². The lowest BCUT2D eigenvalue weighted by atomic mass is 10.3. The van der Waals surface area contributed by atoms with Gasteiger partial charge in [-0.3, -0.25) is 9.59 Å². The van der Waals surface area contributed by atoms with E-state index < -0.39 is 6.04 Å². The van der Waals surface area contributed by atoms with E-state index in [4.69, 9.17) is 10.5 Å². The van der Waals surface area contributed by atoms with Gasteiger partial charge in [0.15, 0.2) is 6.61 Å². The van der Waals surface area contributed by atoms with Crippen LogP contribution in [0.5, 0.6) is 5.75 Å².